The summed E-state index contributed by atoms with van der Waals surface area (Å²) >= 11 is 0. The molecule has 0 aromatic heterocycles. The largest absolute Gasteiger partial charge is 0.446 e. The minimum absolute atomic E-state index is 0.265. The summed E-state index contributed by atoms with van der Waals surface area (Å²) in [5.41, 5.74) is -1.59. The van der Waals surface area contributed by atoms with E-state index in [1.54, 1.807) is 18.2 Å². The van der Waals surface area contributed by atoms with E-state index in [-0.39, 0.29) is 11.3 Å². The zero-order valence-corrected chi connectivity index (χ0v) is 12.4. The molecule has 1 aromatic carbocycles. The summed E-state index contributed by atoms with van der Waals surface area (Å²) in [4.78, 5) is 12.6. The van der Waals surface area contributed by atoms with Gasteiger partial charge in [0, 0.05) is 18.7 Å². The van der Waals surface area contributed by atoms with Gasteiger partial charge in [-0.1, -0.05) is 30.3 Å². The van der Waals surface area contributed by atoms with Crippen molar-refractivity contribution >= 4 is 16.2 Å². The maximum absolute atomic E-state index is 12.6. The topological polar surface area (TPSA) is 110 Å². The van der Waals surface area contributed by atoms with Gasteiger partial charge in [-0.25, -0.2) is 0 Å². The molecule has 22 heavy (non-hydrogen) atoms. The lowest BCUT2D eigenvalue weighted by molar-refractivity contribution is -0.0314. The first-order chi connectivity index (χ1) is 10.3. The molecule has 118 valence electrons. The van der Waals surface area contributed by atoms with Gasteiger partial charge >= 0.3 is 10.4 Å². The van der Waals surface area contributed by atoms with Crippen molar-refractivity contribution in [1.29, 1.82) is 0 Å². The molecule has 1 aliphatic carbocycles. The van der Waals surface area contributed by atoms with E-state index in [0.717, 1.165) is 18.2 Å². The number of ketones is 1. The molecule has 2 N–H and O–H groups in total. The number of rotatable bonds is 5. The average Bonchev–Trinajstić information content (AvgIpc) is 2.48. The van der Waals surface area contributed by atoms with Crippen LogP contribution in [0.1, 0.15) is 10.4 Å². The third-order valence-electron chi connectivity index (χ3n) is 3.17. The van der Waals surface area contributed by atoms with Gasteiger partial charge in [0.2, 0.25) is 5.78 Å². The number of ether oxygens (including phenoxy) is 1. The zero-order chi connectivity index (χ0) is 16.4. The summed E-state index contributed by atoms with van der Waals surface area (Å²) in [6.07, 6.45) is 1.93. The van der Waals surface area contributed by atoms with Gasteiger partial charge in [0.25, 0.3) is 0 Å². The van der Waals surface area contributed by atoms with Gasteiger partial charge < -0.3 is 14.0 Å². The number of hydrogen-bond acceptors (Lipinski definition) is 6. The van der Waals surface area contributed by atoms with Crippen molar-refractivity contribution in [2.45, 2.75) is 11.7 Å². The average molecular weight is 326 g/mol. The number of carbonyl (C=O) groups excluding carboxylic acids is 1. The quantitative estimate of drug-likeness (QED) is 0.610. The second kappa shape index (κ2) is 6.01. The van der Waals surface area contributed by atoms with E-state index in [4.69, 9.17) is 9.29 Å². The van der Waals surface area contributed by atoms with Crippen LogP contribution in [0.5, 0.6) is 0 Å². The minimum Gasteiger partial charge on any atom is -0.385 e. The van der Waals surface area contributed by atoms with Crippen LogP contribution in [0.15, 0.2) is 54.3 Å². The molecular formula is C14H14O7S. The van der Waals surface area contributed by atoms with Crippen LogP contribution in [-0.4, -0.2) is 42.7 Å². The highest BCUT2D eigenvalue weighted by atomic mass is 32.3. The predicted molar refractivity (Wildman–Crippen MR) is 76.4 cm³/mol. The molecule has 0 bridgehead atoms. The van der Waals surface area contributed by atoms with E-state index in [9.17, 15) is 18.3 Å². The SMILES string of the molecule is COC1(C(=O)c2ccccc2)C=C(OS(=O)(=O)O)C=CC1O. The van der Waals surface area contributed by atoms with Crippen LogP contribution in [-0.2, 0) is 19.3 Å². The smallest absolute Gasteiger partial charge is 0.385 e. The molecule has 1 aliphatic rings. The highest BCUT2D eigenvalue weighted by Crippen LogP contribution is 2.30. The number of carbonyl (C=O) groups is 1. The summed E-state index contributed by atoms with van der Waals surface area (Å²) in [7, 11) is -3.56. The molecule has 8 heteroatoms. The number of aliphatic hydroxyl groups is 1. The van der Waals surface area contributed by atoms with Crippen molar-refractivity contribution in [3.63, 3.8) is 0 Å². The Kier molecular flexibility index (Phi) is 4.47. The molecule has 0 radical (unpaired) electrons. The van der Waals surface area contributed by atoms with Crippen molar-refractivity contribution in [2.24, 2.45) is 0 Å². The van der Waals surface area contributed by atoms with E-state index < -0.39 is 27.9 Å². The van der Waals surface area contributed by atoms with Crippen LogP contribution in [0.4, 0.5) is 0 Å². The van der Waals surface area contributed by atoms with Crippen LogP contribution >= 0.6 is 0 Å². The summed E-state index contributed by atoms with van der Waals surface area (Å²) in [6, 6.07) is 8.06. The third-order valence-corrected chi connectivity index (χ3v) is 3.57. The molecule has 2 atom stereocenters. The normalized spacial score (nSPS) is 24.7. The second-order valence-electron chi connectivity index (χ2n) is 4.55. The van der Waals surface area contributed by atoms with Gasteiger partial charge in [-0.05, 0) is 12.2 Å². The standard InChI is InChI=1S/C14H14O7S/c1-20-14(13(16)10-5-3-2-4-6-10)9-11(7-8-12(14)15)21-22(17,18)19/h2-9,12,15H,1H3,(H,17,18,19). The van der Waals surface area contributed by atoms with Gasteiger partial charge in [0.15, 0.2) is 5.60 Å². The lowest BCUT2D eigenvalue weighted by Gasteiger charge is -2.33. The van der Waals surface area contributed by atoms with Gasteiger partial charge in [-0.2, -0.15) is 8.42 Å². The van der Waals surface area contributed by atoms with Crippen LogP contribution in [0.25, 0.3) is 0 Å². The molecule has 0 fully saturated rings. The molecule has 0 saturated carbocycles. The van der Waals surface area contributed by atoms with Crippen molar-refractivity contribution in [2.75, 3.05) is 7.11 Å². The number of Topliss-reactive ketones (excluding diaryl/α,β-unsaturated/α-hetero) is 1. The molecule has 2 rings (SSSR count). The summed E-state index contributed by atoms with van der Waals surface area (Å²) < 4.78 is 39.8. The van der Waals surface area contributed by atoms with Crippen molar-refractivity contribution in [3.8, 4) is 0 Å². The number of methoxy groups -OCH3 is 1. The lowest BCUT2D eigenvalue weighted by atomic mass is 9.84. The Balaban J connectivity index is 2.46. The second-order valence-corrected chi connectivity index (χ2v) is 5.58. The molecule has 0 saturated heterocycles. The van der Waals surface area contributed by atoms with Crippen molar-refractivity contribution < 1.29 is 31.8 Å². The van der Waals surface area contributed by atoms with E-state index in [2.05, 4.69) is 4.18 Å². The summed E-state index contributed by atoms with van der Waals surface area (Å²) in [5.74, 6) is -0.914. The highest BCUT2D eigenvalue weighted by molar-refractivity contribution is 7.81. The maximum Gasteiger partial charge on any atom is 0.446 e. The molecule has 1 aromatic rings. The van der Waals surface area contributed by atoms with Crippen molar-refractivity contribution in [1.82, 2.24) is 0 Å². The Morgan fingerprint density at radius 2 is 1.91 bits per heavy atom. The summed E-state index contributed by atoms with van der Waals surface area (Å²) in [6.45, 7) is 0. The van der Waals surface area contributed by atoms with Crippen LogP contribution in [0.3, 0.4) is 0 Å². The van der Waals surface area contributed by atoms with E-state index >= 15 is 0 Å². The van der Waals surface area contributed by atoms with E-state index in [1.165, 1.54) is 19.2 Å². The fourth-order valence-corrected chi connectivity index (χ4v) is 2.48. The number of allylic oxidation sites excluding steroid dienone is 1. The highest BCUT2D eigenvalue weighted by Gasteiger charge is 2.45. The first-order valence-electron chi connectivity index (χ1n) is 6.19. The summed E-state index contributed by atoms with van der Waals surface area (Å²) in [5, 5.41) is 10.1. The minimum atomic E-state index is -4.76. The van der Waals surface area contributed by atoms with Crippen LogP contribution < -0.4 is 0 Å². The molecule has 0 amide bonds. The van der Waals surface area contributed by atoms with Gasteiger partial charge in [0.05, 0.1) is 0 Å². The fraction of sp³-hybridized carbons (Fsp3) is 0.214. The number of benzene rings is 1. The number of hydrogen-bond donors (Lipinski definition) is 2. The number of aliphatic hydroxyl groups excluding tert-OH is 1. The molecule has 2 unspecified atom stereocenters. The van der Waals surface area contributed by atoms with Crippen molar-refractivity contribution in [3.05, 3.63) is 59.9 Å². The van der Waals surface area contributed by atoms with E-state index in [0.29, 0.717) is 0 Å². The fourth-order valence-electron chi connectivity index (χ4n) is 2.13. The van der Waals surface area contributed by atoms with Crippen LogP contribution in [0.2, 0.25) is 0 Å². The Morgan fingerprint density at radius 1 is 1.27 bits per heavy atom. The predicted octanol–water partition coefficient (Wildman–Crippen LogP) is 0.889. The Morgan fingerprint density at radius 3 is 2.45 bits per heavy atom. The monoisotopic (exact) mass is 326 g/mol. The lowest BCUT2D eigenvalue weighted by Crippen LogP contribution is -2.50. The molecular weight excluding hydrogens is 312 g/mol. The Hall–Kier alpha value is -2.00. The van der Waals surface area contributed by atoms with Gasteiger partial charge in [-0.15, -0.1) is 0 Å². The maximum atomic E-state index is 12.6. The Bertz CT molecular complexity index is 721. The first kappa shape index (κ1) is 16.4. The van der Waals surface area contributed by atoms with Gasteiger partial charge in [0.1, 0.15) is 11.9 Å². The third kappa shape index (κ3) is 3.25. The van der Waals surface area contributed by atoms with Gasteiger partial charge in [-0.3, -0.25) is 9.35 Å². The molecule has 0 spiro atoms. The molecule has 7 nitrogen and oxygen atoms in total. The van der Waals surface area contributed by atoms with E-state index in [1.807, 2.05) is 0 Å². The zero-order valence-electron chi connectivity index (χ0n) is 11.5. The first-order valence-corrected chi connectivity index (χ1v) is 7.56. The van der Waals surface area contributed by atoms with Crippen LogP contribution in [0, 0.1) is 0 Å². The molecule has 0 heterocycles. The Labute approximate surface area is 127 Å². The molecule has 0 aliphatic heterocycles.